The summed E-state index contributed by atoms with van der Waals surface area (Å²) in [5.74, 6) is 4.78. The van der Waals surface area contributed by atoms with Crippen LogP contribution in [-0.2, 0) is 9.53 Å². The quantitative estimate of drug-likeness (QED) is 0.297. The number of fused-ring (bicyclic) bond motifs is 5. The molecule has 0 saturated heterocycles. The predicted molar refractivity (Wildman–Crippen MR) is 138 cm³/mol. The van der Waals surface area contributed by atoms with Gasteiger partial charge in [-0.05, 0) is 110 Å². The Morgan fingerprint density at radius 3 is 2.42 bits per heavy atom. The number of allylic oxidation sites excluding steroid dienone is 3. The zero-order valence-corrected chi connectivity index (χ0v) is 22.6. The summed E-state index contributed by atoms with van der Waals surface area (Å²) in [6.07, 6.45) is 14.3. The van der Waals surface area contributed by atoms with Crippen molar-refractivity contribution in [3.8, 4) is 0 Å². The van der Waals surface area contributed by atoms with Gasteiger partial charge in [0.2, 0.25) is 0 Å². The van der Waals surface area contributed by atoms with Gasteiger partial charge in [0.25, 0.3) is 0 Å². The van der Waals surface area contributed by atoms with E-state index in [0.717, 1.165) is 30.1 Å². The summed E-state index contributed by atoms with van der Waals surface area (Å²) in [6, 6.07) is 0. The smallest absolute Gasteiger partial charge is 0.302 e. The minimum absolute atomic E-state index is 0.112. The number of rotatable bonds is 6. The molecule has 2 heteroatoms. The molecule has 33 heavy (non-hydrogen) atoms. The van der Waals surface area contributed by atoms with Crippen LogP contribution in [-0.4, -0.2) is 12.1 Å². The van der Waals surface area contributed by atoms with Crippen molar-refractivity contribution in [3.63, 3.8) is 0 Å². The van der Waals surface area contributed by atoms with Gasteiger partial charge in [-0.3, -0.25) is 4.79 Å². The molecule has 9 atom stereocenters. The summed E-state index contributed by atoms with van der Waals surface area (Å²) in [5.41, 5.74) is 4.12. The maximum atomic E-state index is 11.6. The maximum Gasteiger partial charge on any atom is 0.302 e. The molecule has 4 rings (SSSR count). The van der Waals surface area contributed by atoms with E-state index >= 15 is 0 Å². The zero-order valence-electron chi connectivity index (χ0n) is 22.6. The lowest BCUT2D eigenvalue weighted by atomic mass is 9.46. The van der Waals surface area contributed by atoms with Crippen molar-refractivity contribution in [3.05, 3.63) is 23.8 Å². The summed E-state index contributed by atoms with van der Waals surface area (Å²) < 4.78 is 5.75. The van der Waals surface area contributed by atoms with Crippen molar-refractivity contribution >= 4 is 5.97 Å². The highest BCUT2D eigenvalue weighted by Gasteiger charge is 2.59. The van der Waals surface area contributed by atoms with Crippen LogP contribution < -0.4 is 0 Å². The second kappa shape index (κ2) is 9.19. The zero-order chi connectivity index (χ0) is 24.1. The van der Waals surface area contributed by atoms with Gasteiger partial charge >= 0.3 is 5.97 Å². The number of ether oxygens (including phenoxy) is 1. The number of hydrogen-bond donors (Lipinski definition) is 0. The number of hydrogen-bond acceptors (Lipinski definition) is 2. The lowest BCUT2D eigenvalue weighted by Crippen LogP contribution is -2.53. The Morgan fingerprint density at radius 2 is 1.76 bits per heavy atom. The van der Waals surface area contributed by atoms with Crippen molar-refractivity contribution in [1.82, 2.24) is 0 Å². The van der Waals surface area contributed by atoms with E-state index in [1.807, 2.05) is 5.57 Å². The lowest BCUT2D eigenvalue weighted by Gasteiger charge is -2.59. The van der Waals surface area contributed by atoms with E-state index < -0.39 is 0 Å². The van der Waals surface area contributed by atoms with Gasteiger partial charge in [0.15, 0.2) is 0 Å². The molecule has 9 unspecified atom stereocenters. The van der Waals surface area contributed by atoms with Crippen molar-refractivity contribution in [1.29, 1.82) is 0 Å². The van der Waals surface area contributed by atoms with Crippen molar-refractivity contribution in [2.24, 2.45) is 52.3 Å². The van der Waals surface area contributed by atoms with Gasteiger partial charge in [-0.2, -0.15) is 0 Å². The van der Waals surface area contributed by atoms with Crippen LogP contribution in [0.2, 0.25) is 0 Å². The van der Waals surface area contributed by atoms with E-state index in [9.17, 15) is 4.79 Å². The normalized spacial score (nSPS) is 43.2. The van der Waals surface area contributed by atoms with Crippen molar-refractivity contribution < 1.29 is 9.53 Å². The highest BCUT2D eigenvalue weighted by atomic mass is 16.5. The molecule has 3 saturated carbocycles. The monoisotopic (exact) mass is 454 g/mol. The van der Waals surface area contributed by atoms with Gasteiger partial charge in [0, 0.05) is 6.92 Å². The molecule has 0 bridgehead atoms. The van der Waals surface area contributed by atoms with Crippen LogP contribution in [0.25, 0.3) is 0 Å². The molecule has 186 valence electrons. The van der Waals surface area contributed by atoms with Crippen LogP contribution in [0.1, 0.15) is 106 Å². The lowest BCUT2D eigenvalue weighted by molar-refractivity contribution is -0.158. The van der Waals surface area contributed by atoms with Crippen molar-refractivity contribution in [2.45, 2.75) is 112 Å². The van der Waals surface area contributed by atoms with Gasteiger partial charge in [0.1, 0.15) is 6.10 Å². The first-order valence-corrected chi connectivity index (χ1v) is 14.0. The number of carbonyl (C=O) groups is 1. The molecule has 0 amide bonds. The van der Waals surface area contributed by atoms with Crippen LogP contribution >= 0.6 is 0 Å². The van der Waals surface area contributed by atoms with Gasteiger partial charge < -0.3 is 4.74 Å². The topological polar surface area (TPSA) is 26.3 Å². The fourth-order valence-corrected chi connectivity index (χ4v) is 9.19. The first-order valence-electron chi connectivity index (χ1n) is 14.0. The number of esters is 1. The van der Waals surface area contributed by atoms with Crippen LogP contribution in [0, 0.1) is 52.3 Å². The summed E-state index contributed by atoms with van der Waals surface area (Å²) in [6.45, 7) is 20.6. The third-order valence-corrected chi connectivity index (χ3v) is 11.4. The van der Waals surface area contributed by atoms with Gasteiger partial charge in [-0.15, -0.1) is 0 Å². The fraction of sp³-hybridized carbons (Fsp3) is 0.839. The van der Waals surface area contributed by atoms with E-state index in [1.54, 1.807) is 6.92 Å². The fourth-order valence-electron chi connectivity index (χ4n) is 9.19. The predicted octanol–water partition coefficient (Wildman–Crippen LogP) is 8.37. The standard InChI is InChI=1S/C31H50O2/c1-19(2)20(3)9-10-21(4)25-13-14-27-24-11-12-26-22(5)29(33-23(6)32)16-18-31(26,8)28(24)15-17-30(25,27)7/h11,19,21-22,25-29H,3,9-10,12-18H2,1-2,4-8H3. The minimum Gasteiger partial charge on any atom is -0.462 e. The molecule has 0 aromatic heterocycles. The van der Waals surface area contributed by atoms with Crippen molar-refractivity contribution in [2.75, 3.05) is 0 Å². The molecule has 0 aromatic rings. The molecule has 4 aliphatic carbocycles. The van der Waals surface area contributed by atoms with E-state index in [1.165, 1.54) is 56.9 Å². The molecule has 0 N–H and O–H groups in total. The molecule has 3 fully saturated rings. The Morgan fingerprint density at radius 1 is 1.09 bits per heavy atom. The van der Waals surface area contributed by atoms with Gasteiger partial charge in [-0.25, -0.2) is 0 Å². The summed E-state index contributed by atoms with van der Waals surface area (Å²) in [4.78, 5) is 11.6. The Balaban J connectivity index is 1.51. The molecular weight excluding hydrogens is 404 g/mol. The third-order valence-electron chi connectivity index (χ3n) is 11.4. The van der Waals surface area contributed by atoms with E-state index in [4.69, 9.17) is 4.74 Å². The molecular formula is C31H50O2. The van der Waals surface area contributed by atoms with Gasteiger partial charge in [-0.1, -0.05) is 65.3 Å². The van der Waals surface area contributed by atoms with Crippen LogP contribution in [0.5, 0.6) is 0 Å². The first kappa shape index (κ1) is 25.1. The second-order valence-corrected chi connectivity index (χ2v) is 13.3. The minimum atomic E-state index is -0.112. The highest BCUT2D eigenvalue weighted by Crippen LogP contribution is 2.67. The highest BCUT2D eigenvalue weighted by molar-refractivity contribution is 5.66. The van der Waals surface area contributed by atoms with E-state index in [0.29, 0.717) is 28.6 Å². The maximum absolute atomic E-state index is 11.6. The van der Waals surface area contributed by atoms with Crippen LogP contribution in [0.3, 0.4) is 0 Å². The van der Waals surface area contributed by atoms with Gasteiger partial charge in [0.05, 0.1) is 0 Å². The SMILES string of the molecule is C=C(CCC(C)C1CCC2C3=CCC4C(C)C(OC(C)=O)CCC4(C)C3CCC21C)C(C)C. The molecule has 0 radical (unpaired) electrons. The van der Waals surface area contributed by atoms with Crippen LogP contribution in [0.15, 0.2) is 23.8 Å². The summed E-state index contributed by atoms with van der Waals surface area (Å²) in [5, 5.41) is 0. The summed E-state index contributed by atoms with van der Waals surface area (Å²) >= 11 is 0. The molecule has 0 aromatic carbocycles. The Kier molecular flexibility index (Phi) is 6.98. The number of carbonyl (C=O) groups excluding carboxylic acids is 1. The molecule has 0 aliphatic heterocycles. The third kappa shape index (κ3) is 4.27. The van der Waals surface area contributed by atoms with Crippen LogP contribution in [0.4, 0.5) is 0 Å². The Labute approximate surface area is 204 Å². The molecule has 0 heterocycles. The second-order valence-electron chi connectivity index (χ2n) is 13.3. The first-order chi connectivity index (χ1) is 15.5. The average molecular weight is 455 g/mol. The molecule has 2 nitrogen and oxygen atoms in total. The largest absolute Gasteiger partial charge is 0.462 e. The summed E-state index contributed by atoms with van der Waals surface area (Å²) in [7, 11) is 0. The molecule has 4 aliphatic rings. The average Bonchev–Trinajstić information content (AvgIpc) is 3.11. The molecule has 0 spiro atoms. The Bertz CT molecular complexity index is 793. The van der Waals surface area contributed by atoms with E-state index in [2.05, 4.69) is 54.2 Å². The van der Waals surface area contributed by atoms with E-state index in [-0.39, 0.29) is 12.1 Å². The Hall–Kier alpha value is -1.05.